The molecule has 108 valence electrons. The van der Waals surface area contributed by atoms with Crippen LogP contribution >= 0.6 is 43.2 Å². The first kappa shape index (κ1) is 15.1. The Morgan fingerprint density at radius 1 is 1.14 bits per heavy atom. The molecule has 4 heteroatoms. The van der Waals surface area contributed by atoms with E-state index in [1.807, 2.05) is 6.07 Å². The monoisotopic (exact) mass is 424 g/mol. The van der Waals surface area contributed by atoms with E-state index in [4.69, 9.17) is 4.74 Å². The van der Waals surface area contributed by atoms with Crippen LogP contribution in [0.5, 0.6) is 5.75 Å². The molecule has 0 aliphatic carbocycles. The Labute approximate surface area is 145 Å². The maximum absolute atomic E-state index is 5.52. The highest BCUT2D eigenvalue weighted by Crippen LogP contribution is 2.43. The first-order valence-electron chi connectivity index (χ1n) is 6.56. The molecule has 1 nitrogen and oxygen atoms in total. The molecule has 0 fully saturated rings. The summed E-state index contributed by atoms with van der Waals surface area (Å²) in [5.41, 5.74) is 3.67. The van der Waals surface area contributed by atoms with Crippen molar-refractivity contribution in [2.75, 3.05) is 7.11 Å². The van der Waals surface area contributed by atoms with Crippen molar-refractivity contribution in [2.45, 2.75) is 11.8 Å². The van der Waals surface area contributed by atoms with Crippen molar-refractivity contribution < 1.29 is 4.74 Å². The third-order valence-corrected chi connectivity index (χ3v) is 6.47. The van der Waals surface area contributed by atoms with Gasteiger partial charge in [-0.25, -0.2) is 0 Å². The van der Waals surface area contributed by atoms with Gasteiger partial charge in [0.2, 0.25) is 0 Å². The molecule has 21 heavy (non-hydrogen) atoms. The highest BCUT2D eigenvalue weighted by Gasteiger charge is 2.19. The molecular weight excluding hydrogens is 412 g/mol. The maximum Gasteiger partial charge on any atom is 0.123 e. The summed E-state index contributed by atoms with van der Waals surface area (Å²) in [7, 11) is 1.72. The van der Waals surface area contributed by atoms with Crippen molar-refractivity contribution >= 4 is 53.3 Å². The van der Waals surface area contributed by atoms with Gasteiger partial charge < -0.3 is 4.74 Å². The van der Waals surface area contributed by atoms with Gasteiger partial charge in [-0.05, 0) is 51.3 Å². The molecule has 0 spiro atoms. The quantitative estimate of drug-likeness (QED) is 0.437. The van der Waals surface area contributed by atoms with Crippen LogP contribution in [0.4, 0.5) is 0 Å². The van der Waals surface area contributed by atoms with Crippen LogP contribution in [0.1, 0.15) is 21.5 Å². The zero-order valence-electron chi connectivity index (χ0n) is 11.7. The number of methoxy groups -OCH3 is 1. The number of aryl methyl sites for hydroxylation is 1. The first-order valence-corrected chi connectivity index (χ1v) is 9.15. The van der Waals surface area contributed by atoms with Crippen molar-refractivity contribution in [3.63, 3.8) is 0 Å². The molecule has 1 heterocycles. The van der Waals surface area contributed by atoms with E-state index in [-0.39, 0.29) is 4.83 Å². The summed E-state index contributed by atoms with van der Waals surface area (Å²) in [5, 5.41) is 3.50. The summed E-state index contributed by atoms with van der Waals surface area (Å²) < 4.78 is 7.95. The fraction of sp³-hybridized carbons (Fsp3) is 0.176. The highest BCUT2D eigenvalue weighted by molar-refractivity contribution is 9.10. The molecule has 0 bridgehead atoms. The molecule has 1 aromatic heterocycles. The Hall–Kier alpha value is -0.840. The average molecular weight is 426 g/mol. The number of benzene rings is 2. The van der Waals surface area contributed by atoms with Crippen molar-refractivity contribution in [1.29, 1.82) is 0 Å². The minimum Gasteiger partial charge on any atom is -0.496 e. The number of fused-ring (bicyclic) bond motifs is 1. The van der Waals surface area contributed by atoms with Crippen LogP contribution in [0.15, 0.2) is 46.3 Å². The van der Waals surface area contributed by atoms with Crippen LogP contribution in [-0.4, -0.2) is 7.11 Å². The van der Waals surface area contributed by atoms with Crippen molar-refractivity contribution in [3.8, 4) is 5.75 Å². The zero-order chi connectivity index (χ0) is 15.0. The van der Waals surface area contributed by atoms with E-state index in [2.05, 4.69) is 74.5 Å². The minimum atomic E-state index is 0.121. The largest absolute Gasteiger partial charge is 0.496 e. The molecule has 0 N–H and O–H groups in total. The summed E-state index contributed by atoms with van der Waals surface area (Å²) in [6, 6.07) is 12.6. The summed E-state index contributed by atoms with van der Waals surface area (Å²) in [6.45, 7) is 2.10. The number of ether oxygens (including phenoxy) is 1. The van der Waals surface area contributed by atoms with E-state index in [0.717, 1.165) is 15.8 Å². The molecule has 0 saturated carbocycles. The molecule has 0 amide bonds. The SMILES string of the molecule is COc1ccc(C)cc1C(Br)c1csc2c(Br)cccc12. The van der Waals surface area contributed by atoms with Crippen molar-refractivity contribution in [3.05, 3.63) is 62.9 Å². The predicted molar refractivity (Wildman–Crippen MR) is 98.0 cm³/mol. The van der Waals surface area contributed by atoms with Gasteiger partial charge in [0.15, 0.2) is 0 Å². The average Bonchev–Trinajstić information content (AvgIpc) is 2.92. The smallest absolute Gasteiger partial charge is 0.123 e. The van der Waals surface area contributed by atoms with Gasteiger partial charge in [-0.2, -0.15) is 0 Å². The standard InChI is InChI=1S/C17H14Br2OS/c1-10-6-7-15(20-2)12(8-10)16(19)13-9-21-17-11(13)4-3-5-14(17)18/h3-9,16H,1-2H3. The summed E-state index contributed by atoms with van der Waals surface area (Å²) in [6.07, 6.45) is 0. The van der Waals surface area contributed by atoms with E-state index in [9.17, 15) is 0 Å². The zero-order valence-corrected chi connectivity index (χ0v) is 15.7. The molecule has 2 aromatic carbocycles. The molecule has 3 aromatic rings. The molecule has 1 unspecified atom stereocenters. The second-order valence-electron chi connectivity index (χ2n) is 4.92. The Morgan fingerprint density at radius 3 is 2.71 bits per heavy atom. The van der Waals surface area contributed by atoms with Gasteiger partial charge in [-0.15, -0.1) is 11.3 Å². The van der Waals surface area contributed by atoms with Gasteiger partial charge in [0, 0.05) is 14.7 Å². The van der Waals surface area contributed by atoms with Crippen molar-refractivity contribution in [2.24, 2.45) is 0 Å². The third kappa shape index (κ3) is 2.77. The lowest BCUT2D eigenvalue weighted by Crippen LogP contribution is -1.97. The van der Waals surface area contributed by atoms with E-state index in [1.165, 1.54) is 21.2 Å². The summed E-state index contributed by atoms with van der Waals surface area (Å²) in [4.78, 5) is 0.121. The van der Waals surface area contributed by atoms with Gasteiger partial charge in [0.05, 0.1) is 11.9 Å². The van der Waals surface area contributed by atoms with Crippen molar-refractivity contribution in [1.82, 2.24) is 0 Å². The third-order valence-electron chi connectivity index (χ3n) is 3.51. The van der Waals surface area contributed by atoms with E-state index >= 15 is 0 Å². The van der Waals surface area contributed by atoms with E-state index in [1.54, 1.807) is 18.4 Å². The lowest BCUT2D eigenvalue weighted by Gasteiger charge is -2.15. The fourth-order valence-electron chi connectivity index (χ4n) is 2.46. The Kier molecular flexibility index (Phi) is 4.38. The first-order chi connectivity index (χ1) is 10.1. The number of hydrogen-bond donors (Lipinski definition) is 0. The number of thiophene rings is 1. The van der Waals surface area contributed by atoms with E-state index < -0.39 is 0 Å². The molecule has 3 rings (SSSR count). The molecule has 1 atom stereocenters. The number of rotatable bonds is 3. The van der Waals surface area contributed by atoms with Crippen LogP contribution in [0.2, 0.25) is 0 Å². The van der Waals surface area contributed by atoms with Gasteiger partial charge in [-0.1, -0.05) is 45.8 Å². The number of hydrogen-bond acceptors (Lipinski definition) is 2. The summed E-state index contributed by atoms with van der Waals surface area (Å²) >= 11 is 9.25. The Balaban J connectivity index is 2.15. The fourth-order valence-corrected chi connectivity index (χ4v) is 5.02. The predicted octanol–water partition coefficient (Wildman–Crippen LogP) is 6.47. The topological polar surface area (TPSA) is 9.23 Å². The number of alkyl halides is 1. The lowest BCUT2D eigenvalue weighted by atomic mass is 10.0. The van der Waals surface area contributed by atoms with Gasteiger partial charge in [-0.3, -0.25) is 0 Å². The minimum absolute atomic E-state index is 0.121. The second kappa shape index (κ2) is 6.11. The Morgan fingerprint density at radius 2 is 1.95 bits per heavy atom. The van der Waals surface area contributed by atoms with Crippen LogP contribution in [0, 0.1) is 6.92 Å². The van der Waals surface area contributed by atoms with Gasteiger partial charge in [0.25, 0.3) is 0 Å². The highest BCUT2D eigenvalue weighted by atomic mass is 79.9. The second-order valence-corrected chi connectivity index (χ2v) is 7.57. The normalized spacial score (nSPS) is 12.6. The van der Waals surface area contributed by atoms with Crippen LogP contribution in [0.3, 0.4) is 0 Å². The molecule has 0 aliphatic rings. The molecular formula is C17H14Br2OS. The van der Waals surface area contributed by atoms with Crippen LogP contribution in [0.25, 0.3) is 10.1 Å². The lowest BCUT2D eigenvalue weighted by molar-refractivity contribution is 0.410. The maximum atomic E-state index is 5.52. The molecule has 0 radical (unpaired) electrons. The summed E-state index contributed by atoms with van der Waals surface area (Å²) in [5.74, 6) is 0.914. The van der Waals surface area contributed by atoms with Gasteiger partial charge in [0.1, 0.15) is 5.75 Å². The van der Waals surface area contributed by atoms with Gasteiger partial charge >= 0.3 is 0 Å². The van der Waals surface area contributed by atoms with Crippen LogP contribution < -0.4 is 4.74 Å². The Bertz CT molecular complexity index is 795. The molecule has 0 aliphatic heterocycles. The van der Waals surface area contributed by atoms with E-state index in [0.29, 0.717) is 0 Å². The molecule has 0 saturated heterocycles. The number of halogens is 2. The van der Waals surface area contributed by atoms with Crippen LogP contribution in [-0.2, 0) is 0 Å².